The van der Waals surface area contributed by atoms with Crippen LogP contribution in [0.5, 0.6) is 0 Å². The van der Waals surface area contributed by atoms with E-state index in [4.69, 9.17) is 0 Å². The van der Waals surface area contributed by atoms with Gasteiger partial charge < -0.3 is 0 Å². The van der Waals surface area contributed by atoms with Crippen molar-refractivity contribution in [3.8, 4) is 0 Å². The summed E-state index contributed by atoms with van der Waals surface area (Å²) >= 11 is 0. The van der Waals surface area contributed by atoms with Crippen molar-refractivity contribution in [3.63, 3.8) is 0 Å². The van der Waals surface area contributed by atoms with E-state index >= 15 is 0 Å². The molecule has 0 heteroatoms. The van der Waals surface area contributed by atoms with Crippen LogP contribution in [0, 0.1) is 5.92 Å². The second-order valence-electron chi connectivity index (χ2n) is 7.52. The van der Waals surface area contributed by atoms with Gasteiger partial charge in [0.1, 0.15) is 0 Å². The maximum Gasteiger partial charge on any atom is -0.0164 e. The first-order valence-electron chi connectivity index (χ1n) is 10.2. The van der Waals surface area contributed by atoms with Crippen LogP contribution in [0.2, 0.25) is 0 Å². The standard InChI is InChI=1S/C23H40/c1-5-22(6-2)16-12-14-20(3)13-10-8-7-9-11-15-23-18-17-21(4)19-23/h14-16,21H,5-13,17-19H2,1-4H3. The van der Waals surface area contributed by atoms with Crippen LogP contribution in [-0.2, 0) is 0 Å². The molecule has 1 unspecified atom stereocenters. The van der Waals surface area contributed by atoms with Crippen LogP contribution in [0.1, 0.15) is 105 Å². The molecular weight excluding hydrogens is 276 g/mol. The normalized spacial score (nSPS) is 20.3. The summed E-state index contributed by atoms with van der Waals surface area (Å²) in [4.78, 5) is 0. The zero-order valence-corrected chi connectivity index (χ0v) is 16.3. The zero-order chi connectivity index (χ0) is 16.9. The molecule has 0 nitrogen and oxygen atoms in total. The van der Waals surface area contributed by atoms with Crippen LogP contribution >= 0.6 is 0 Å². The lowest BCUT2D eigenvalue weighted by molar-refractivity contribution is 0.619. The number of allylic oxidation sites excluding steroid dienone is 6. The van der Waals surface area contributed by atoms with Crippen LogP contribution in [0.4, 0.5) is 0 Å². The summed E-state index contributed by atoms with van der Waals surface area (Å²) in [7, 11) is 0. The lowest BCUT2D eigenvalue weighted by atomic mass is 10.0. The van der Waals surface area contributed by atoms with Gasteiger partial charge in [-0.3, -0.25) is 0 Å². The molecule has 0 saturated heterocycles. The third-order valence-electron chi connectivity index (χ3n) is 5.31. The molecule has 0 bridgehead atoms. The number of hydrogen-bond donors (Lipinski definition) is 0. The Labute approximate surface area is 146 Å². The molecule has 23 heavy (non-hydrogen) atoms. The smallest absolute Gasteiger partial charge is 0.0164 e. The fourth-order valence-electron chi connectivity index (χ4n) is 3.54. The van der Waals surface area contributed by atoms with Crippen molar-refractivity contribution in [3.05, 3.63) is 34.9 Å². The summed E-state index contributed by atoms with van der Waals surface area (Å²) in [6, 6.07) is 0. The second kappa shape index (κ2) is 12.6. The van der Waals surface area contributed by atoms with Crippen LogP contribution in [0.25, 0.3) is 0 Å². The van der Waals surface area contributed by atoms with Crippen molar-refractivity contribution in [2.45, 2.75) is 105 Å². The van der Waals surface area contributed by atoms with Gasteiger partial charge in [-0.1, -0.05) is 68.6 Å². The Hall–Kier alpha value is -0.780. The molecule has 0 N–H and O–H groups in total. The van der Waals surface area contributed by atoms with Crippen molar-refractivity contribution in [2.24, 2.45) is 5.92 Å². The topological polar surface area (TPSA) is 0 Å². The minimum absolute atomic E-state index is 0.941. The van der Waals surface area contributed by atoms with Crippen molar-refractivity contribution in [2.75, 3.05) is 0 Å². The average molecular weight is 317 g/mol. The highest BCUT2D eigenvalue weighted by Crippen LogP contribution is 2.30. The van der Waals surface area contributed by atoms with Crippen LogP contribution < -0.4 is 0 Å². The molecule has 132 valence electrons. The summed E-state index contributed by atoms with van der Waals surface area (Å²) in [5.41, 5.74) is 4.91. The first-order chi connectivity index (χ1) is 11.2. The number of rotatable bonds is 11. The molecule has 0 heterocycles. The van der Waals surface area contributed by atoms with Gasteiger partial charge in [0.25, 0.3) is 0 Å². The number of hydrogen-bond acceptors (Lipinski definition) is 0. The Bertz CT molecular complexity index is 388. The molecule has 0 aliphatic heterocycles. The molecule has 0 radical (unpaired) electrons. The minimum atomic E-state index is 0.941. The molecule has 1 aliphatic rings. The molecule has 1 saturated carbocycles. The zero-order valence-electron chi connectivity index (χ0n) is 16.3. The fraction of sp³-hybridized carbons (Fsp3) is 0.739. The molecular formula is C23H40. The van der Waals surface area contributed by atoms with E-state index in [0.717, 1.165) is 12.3 Å². The quantitative estimate of drug-likeness (QED) is 0.266. The molecule has 0 spiro atoms. The first kappa shape index (κ1) is 20.3. The van der Waals surface area contributed by atoms with Gasteiger partial charge >= 0.3 is 0 Å². The lowest BCUT2D eigenvalue weighted by Crippen LogP contribution is -1.83. The Morgan fingerprint density at radius 2 is 1.78 bits per heavy atom. The average Bonchev–Trinajstić information content (AvgIpc) is 2.96. The van der Waals surface area contributed by atoms with Gasteiger partial charge in [0.2, 0.25) is 0 Å². The van der Waals surface area contributed by atoms with Gasteiger partial charge in [-0.2, -0.15) is 0 Å². The SMILES string of the molecule is CCC(=CCC=C(C)CCCCCCC=C1CCC(C)C1)CC. The molecule has 1 aliphatic carbocycles. The monoisotopic (exact) mass is 316 g/mol. The fourth-order valence-corrected chi connectivity index (χ4v) is 3.54. The van der Waals surface area contributed by atoms with Crippen molar-refractivity contribution < 1.29 is 0 Å². The van der Waals surface area contributed by atoms with Crippen LogP contribution in [-0.4, -0.2) is 0 Å². The van der Waals surface area contributed by atoms with E-state index in [2.05, 4.69) is 45.9 Å². The maximum atomic E-state index is 2.54. The third-order valence-corrected chi connectivity index (χ3v) is 5.31. The highest BCUT2D eigenvalue weighted by Gasteiger charge is 2.13. The lowest BCUT2D eigenvalue weighted by Gasteiger charge is -2.03. The van der Waals surface area contributed by atoms with Crippen molar-refractivity contribution >= 4 is 0 Å². The summed E-state index contributed by atoms with van der Waals surface area (Å²) in [6.45, 7) is 9.21. The summed E-state index contributed by atoms with van der Waals surface area (Å²) < 4.78 is 0. The van der Waals surface area contributed by atoms with E-state index in [1.165, 1.54) is 70.6 Å². The first-order valence-corrected chi connectivity index (χ1v) is 10.2. The maximum absolute atomic E-state index is 2.54. The molecule has 0 amide bonds. The minimum Gasteiger partial charge on any atom is -0.0853 e. The Morgan fingerprint density at radius 1 is 1.04 bits per heavy atom. The van der Waals surface area contributed by atoms with E-state index in [1.54, 1.807) is 16.7 Å². The Kier molecular flexibility index (Phi) is 11.1. The summed E-state index contributed by atoms with van der Waals surface area (Å²) in [5.74, 6) is 0.941. The molecule has 1 fully saturated rings. The molecule has 0 aromatic heterocycles. The molecule has 1 rings (SSSR count). The number of unbranched alkanes of at least 4 members (excludes halogenated alkanes) is 4. The van der Waals surface area contributed by atoms with E-state index in [9.17, 15) is 0 Å². The Balaban J connectivity index is 2.02. The predicted molar refractivity (Wildman–Crippen MR) is 106 cm³/mol. The van der Waals surface area contributed by atoms with Crippen LogP contribution in [0.15, 0.2) is 34.9 Å². The molecule has 1 atom stereocenters. The van der Waals surface area contributed by atoms with Gasteiger partial charge in [0.05, 0.1) is 0 Å². The molecule has 0 aromatic rings. The Morgan fingerprint density at radius 3 is 2.43 bits per heavy atom. The van der Waals surface area contributed by atoms with Gasteiger partial charge in [0, 0.05) is 0 Å². The summed E-state index contributed by atoms with van der Waals surface area (Å²) in [6.07, 6.45) is 23.3. The highest BCUT2D eigenvalue weighted by atomic mass is 14.2. The largest absolute Gasteiger partial charge is 0.0853 e. The van der Waals surface area contributed by atoms with Crippen molar-refractivity contribution in [1.82, 2.24) is 0 Å². The van der Waals surface area contributed by atoms with E-state index in [0.29, 0.717) is 0 Å². The van der Waals surface area contributed by atoms with E-state index < -0.39 is 0 Å². The third kappa shape index (κ3) is 9.84. The van der Waals surface area contributed by atoms with Gasteiger partial charge in [0.15, 0.2) is 0 Å². The predicted octanol–water partition coefficient (Wildman–Crippen LogP) is 8.16. The second-order valence-corrected chi connectivity index (χ2v) is 7.52. The highest BCUT2D eigenvalue weighted by molar-refractivity contribution is 5.08. The van der Waals surface area contributed by atoms with Gasteiger partial charge in [-0.15, -0.1) is 0 Å². The van der Waals surface area contributed by atoms with Gasteiger partial charge in [-0.05, 0) is 77.0 Å². The van der Waals surface area contributed by atoms with Crippen molar-refractivity contribution in [1.29, 1.82) is 0 Å². The molecule has 0 aromatic carbocycles. The van der Waals surface area contributed by atoms with E-state index in [1.807, 2.05) is 0 Å². The van der Waals surface area contributed by atoms with E-state index in [-0.39, 0.29) is 0 Å². The van der Waals surface area contributed by atoms with Crippen LogP contribution in [0.3, 0.4) is 0 Å². The van der Waals surface area contributed by atoms with Gasteiger partial charge in [-0.25, -0.2) is 0 Å². The summed E-state index contributed by atoms with van der Waals surface area (Å²) in [5, 5.41) is 0.